The Balaban J connectivity index is 1.71. The lowest BCUT2D eigenvalue weighted by Gasteiger charge is -2.13. The highest BCUT2D eigenvalue weighted by Gasteiger charge is 2.14. The fourth-order valence-corrected chi connectivity index (χ4v) is 3.01. The van der Waals surface area contributed by atoms with E-state index in [0.717, 1.165) is 10.9 Å². The SMILES string of the molecule is CCCOc1ccc(Br)cc1C(=O)Nc1ccc(Oc2ccccc2OC)cc1. The summed E-state index contributed by atoms with van der Waals surface area (Å²) in [6, 6.07) is 20.0. The topological polar surface area (TPSA) is 56.8 Å². The quantitative estimate of drug-likeness (QED) is 0.433. The van der Waals surface area contributed by atoms with Crippen LogP contribution in [-0.4, -0.2) is 19.6 Å². The lowest BCUT2D eigenvalue weighted by atomic mass is 10.2. The first-order valence-electron chi connectivity index (χ1n) is 9.25. The van der Waals surface area contributed by atoms with Gasteiger partial charge in [-0.15, -0.1) is 0 Å². The number of hydrogen-bond acceptors (Lipinski definition) is 4. The monoisotopic (exact) mass is 455 g/mol. The minimum atomic E-state index is -0.240. The number of carbonyl (C=O) groups excluding carboxylic acids is 1. The first-order valence-corrected chi connectivity index (χ1v) is 10.0. The highest BCUT2D eigenvalue weighted by atomic mass is 79.9. The molecule has 0 aliphatic rings. The van der Waals surface area contributed by atoms with Crippen molar-refractivity contribution in [3.8, 4) is 23.0 Å². The summed E-state index contributed by atoms with van der Waals surface area (Å²) in [4.78, 5) is 12.8. The van der Waals surface area contributed by atoms with Crippen LogP contribution in [0, 0.1) is 0 Å². The highest BCUT2D eigenvalue weighted by Crippen LogP contribution is 2.31. The first kappa shape index (κ1) is 20.7. The van der Waals surface area contributed by atoms with E-state index in [2.05, 4.69) is 21.2 Å². The third-order valence-electron chi connectivity index (χ3n) is 4.06. The van der Waals surface area contributed by atoms with E-state index in [0.29, 0.717) is 40.9 Å². The summed E-state index contributed by atoms with van der Waals surface area (Å²) in [5.41, 5.74) is 1.13. The Morgan fingerprint density at radius 1 is 0.966 bits per heavy atom. The van der Waals surface area contributed by atoms with Gasteiger partial charge in [0.05, 0.1) is 19.3 Å². The third-order valence-corrected chi connectivity index (χ3v) is 4.55. The average Bonchev–Trinajstić information content (AvgIpc) is 2.74. The van der Waals surface area contributed by atoms with Crippen LogP contribution in [0.4, 0.5) is 5.69 Å². The van der Waals surface area contributed by atoms with E-state index in [-0.39, 0.29) is 5.91 Å². The molecular weight excluding hydrogens is 434 g/mol. The molecule has 0 unspecified atom stereocenters. The Bertz CT molecular complexity index is 973. The molecule has 0 saturated carbocycles. The maximum atomic E-state index is 12.8. The van der Waals surface area contributed by atoms with Crippen LogP contribution in [-0.2, 0) is 0 Å². The molecular formula is C23H22BrNO4. The van der Waals surface area contributed by atoms with Crippen molar-refractivity contribution in [2.75, 3.05) is 19.0 Å². The Morgan fingerprint density at radius 2 is 1.69 bits per heavy atom. The van der Waals surface area contributed by atoms with Crippen LogP contribution < -0.4 is 19.5 Å². The van der Waals surface area contributed by atoms with E-state index in [1.54, 1.807) is 43.5 Å². The molecule has 3 aromatic carbocycles. The number of hydrogen-bond donors (Lipinski definition) is 1. The van der Waals surface area contributed by atoms with Gasteiger partial charge in [0.25, 0.3) is 5.91 Å². The van der Waals surface area contributed by atoms with Gasteiger partial charge in [-0.1, -0.05) is 35.0 Å². The Labute approximate surface area is 178 Å². The molecule has 0 radical (unpaired) electrons. The third kappa shape index (κ3) is 5.51. The van der Waals surface area contributed by atoms with Gasteiger partial charge in [-0.2, -0.15) is 0 Å². The lowest BCUT2D eigenvalue weighted by Crippen LogP contribution is -2.14. The van der Waals surface area contributed by atoms with E-state index in [4.69, 9.17) is 14.2 Å². The number of halogens is 1. The zero-order valence-electron chi connectivity index (χ0n) is 16.3. The Hall–Kier alpha value is -2.99. The zero-order valence-corrected chi connectivity index (χ0v) is 17.9. The standard InChI is InChI=1S/C23H22BrNO4/c1-3-14-28-20-13-8-16(24)15-19(20)23(26)25-17-9-11-18(12-10-17)29-22-7-5-4-6-21(22)27-2/h4-13,15H,3,14H2,1-2H3,(H,25,26). The van der Waals surface area contributed by atoms with Crippen LogP contribution in [0.1, 0.15) is 23.7 Å². The molecule has 3 aromatic rings. The predicted octanol–water partition coefficient (Wildman–Crippen LogP) is 6.29. The molecule has 0 spiro atoms. The van der Waals surface area contributed by atoms with Gasteiger partial charge in [0.15, 0.2) is 11.5 Å². The van der Waals surface area contributed by atoms with E-state index < -0.39 is 0 Å². The van der Waals surface area contributed by atoms with Crippen LogP contribution in [0.15, 0.2) is 71.2 Å². The summed E-state index contributed by atoms with van der Waals surface area (Å²) in [6.07, 6.45) is 0.866. The van der Waals surface area contributed by atoms with Crippen LogP contribution in [0.5, 0.6) is 23.0 Å². The van der Waals surface area contributed by atoms with Crippen molar-refractivity contribution in [2.45, 2.75) is 13.3 Å². The summed E-state index contributed by atoms with van der Waals surface area (Å²) in [5, 5.41) is 2.90. The van der Waals surface area contributed by atoms with E-state index >= 15 is 0 Å². The van der Waals surface area contributed by atoms with E-state index in [9.17, 15) is 4.79 Å². The van der Waals surface area contributed by atoms with Crippen molar-refractivity contribution in [3.05, 3.63) is 76.8 Å². The van der Waals surface area contributed by atoms with Crippen molar-refractivity contribution in [1.82, 2.24) is 0 Å². The van der Waals surface area contributed by atoms with Gasteiger partial charge in [-0.05, 0) is 61.0 Å². The second-order valence-electron chi connectivity index (χ2n) is 6.22. The molecule has 1 N–H and O–H groups in total. The second-order valence-corrected chi connectivity index (χ2v) is 7.14. The van der Waals surface area contributed by atoms with Crippen LogP contribution in [0.2, 0.25) is 0 Å². The Kier molecular flexibility index (Phi) is 7.14. The smallest absolute Gasteiger partial charge is 0.259 e. The molecule has 0 aliphatic carbocycles. The van der Waals surface area contributed by atoms with Crippen molar-refractivity contribution in [1.29, 1.82) is 0 Å². The molecule has 0 bridgehead atoms. The van der Waals surface area contributed by atoms with Gasteiger partial charge in [-0.25, -0.2) is 0 Å². The molecule has 1 amide bonds. The van der Waals surface area contributed by atoms with Crippen molar-refractivity contribution in [2.24, 2.45) is 0 Å². The summed E-state index contributed by atoms with van der Waals surface area (Å²) >= 11 is 3.41. The van der Waals surface area contributed by atoms with Gasteiger partial charge in [0.2, 0.25) is 0 Å². The molecule has 0 atom stereocenters. The number of para-hydroxylation sites is 2. The largest absolute Gasteiger partial charge is 0.493 e. The van der Waals surface area contributed by atoms with Crippen LogP contribution in [0.3, 0.4) is 0 Å². The molecule has 150 valence electrons. The highest BCUT2D eigenvalue weighted by molar-refractivity contribution is 9.10. The molecule has 0 heterocycles. The molecule has 3 rings (SSSR count). The average molecular weight is 456 g/mol. The maximum Gasteiger partial charge on any atom is 0.259 e. The van der Waals surface area contributed by atoms with E-state index in [1.807, 2.05) is 37.3 Å². The molecule has 0 saturated heterocycles. The maximum absolute atomic E-state index is 12.8. The minimum absolute atomic E-state index is 0.240. The summed E-state index contributed by atoms with van der Waals surface area (Å²) < 4.78 is 17.7. The summed E-state index contributed by atoms with van der Waals surface area (Å²) in [7, 11) is 1.60. The van der Waals surface area contributed by atoms with Gasteiger partial charge in [-0.3, -0.25) is 4.79 Å². The minimum Gasteiger partial charge on any atom is -0.493 e. The van der Waals surface area contributed by atoms with Gasteiger partial charge < -0.3 is 19.5 Å². The number of amides is 1. The molecule has 6 heteroatoms. The van der Waals surface area contributed by atoms with Gasteiger partial charge in [0, 0.05) is 10.2 Å². The number of benzene rings is 3. The van der Waals surface area contributed by atoms with Crippen molar-refractivity contribution < 1.29 is 19.0 Å². The summed E-state index contributed by atoms with van der Waals surface area (Å²) in [5.74, 6) is 2.24. The summed E-state index contributed by atoms with van der Waals surface area (Å²) in [6.45, 7) is 2.57. The first-order chi connectivity index (χ1) is 14.1. The normalized spacial score (nSPS) is 10.3. The molecule has 0 aromatic heterocycles. The van der Waals surface area contributed by atoms with E-state index in [1.165, 1.54) is 0 Å². The number of anilines is 1. The molecule has 29 heavy (non-hydrogen) atoms. The molecule has 0 fully saturated rings. The number of carbonyl (C=O) groups is 1. The van der Waals surface area contributed by atoms with Crippen molar-refractivity contribution in [3.63, 3.8) is 0 Å². The number of methoxy groups -OCH3 is 1. The van der Waals surface area contributed by atoms with Gasteiger partial charge in [0.1, 0.15) is 11.5 Å². The fourth-order valence-electron chi connectivity index (χ4n) is 2.65. The van der Waals surface area contributed by atoms with Crippen molar-refractivity contribution >= 4 is 27.5 Å². The molecule has 5 nitrogen and oxygen atoms in total. The molecule has 0 aliphatic heterocycles. The number of rotatable bonds is 8. The number of nitrogens with one attached hydrogen (secondary N) is 1. The zero-order chi connectivity index (χ0) is 20.6. The van der Waals surface area contributed by atoms with Crippen LogP contribution >= 0.6 is 15.9 Å². The Morgan fingerprint density at radius 3 is 2.38 bits per heavy atom. The predicted molar refractivity (Wildman–Crippen MR) is 117 cm³/mol. The fraction of sp³-hybridized carbons (Fsp3) is 0.174. The van der Waals surface area contributed by atoms with Crippen LogP contribution in [0.25, 0.3) is 0 Å². The second kappa shape index (κ2) is 9.98. The number of ether oxygens (including phenoxy) is 3. The van der Waals surface area contributed by atoms with Gasteiger partial charge >= 0.3 is 0 Å². The lowest BCUT2D eigenvalue weighted by molar-refractivity contribution is 0.102.